The Bertz CT molecular complexity index is 624. The molecule has 0 bridgehead atoms. The quantitative estimate of drug-likeness (QED) is 0.928. The van der Waals surface area contributed by atoms with Crippen LogP contribution in [0.1, 0.15) is 12.8 Å². The van der Waals surface area contributed by atoms with E-state index in [1.165, 1.54) is 12.1 Å². The minimum atomic E-state index is -0.846. The molecule has 1 saturated heterocycles. The SMILES string of the molecule is O=C(O)C1=CC(N2CCN(c3cccc(F)c3)C2)=CCC1. The van der Waals surface area contributed by atoms with Crippen molar-refractivity contribution >= 4 is 11.7 Å². The van der Waals surface area contributed by atoms with Crippen LogP contribution in [-0.4, -0.2) is 35.7 Å². The summed E-state index contributed by atoms with van der Waals surface area (Å²) >= 11 is 0. The summed E-state index contributed by atoms with van der Waals surface area (Å²) in [5, 5.41) is 9.09. The van der Waals surface area contributed by atoms with Gasteiger partial charge in [0, 0.05) is 30.0 Å². The van der Waals surface area contributed by atoms with Crippen LogP contribution < -0.4 is 4.90 Å². The average molecular weight is 288 g/mol. The van der Waals surface area contributed by atoms with Gasteiger partial charge in [0.05, 0.1) is 6.67 Å². The largest absolute Gasteiger partial charge is 0.478 e. The molecule has 0 unspecified atom stereocenters. The van der Waals surface area contributed by atoms with Gasteiger partial charge >= 0.3 is 5.97 Å². The Morgan fingerprint density at radius 3 is 2.81 bits per heavy atom. The van der Waals surface area contributed by atoms with Crippen molar-refractivity contribution in [1.82, 2.24) is 4.90 Å². The van der Waals surface area contributed by atoms with E-state index >= 15 is 0 Å². The van der Waals surface area contributed by atoms with Gasteiger partial charge in [0.25, 0.3) is 0 Å². The summed E-state index contributed by atoms with van der Waals surface area (Å²) in [5.41, 5.74) is 2.27. The maximum atomic E-state index is 13.3. The topological polar surface area (TPSA) is 43.8 Å². The number of allylic oxidation sites excluding steroid dienone is 2. The highest BCUT2D eigenvalue weighted by molar-refractivity contribution is 5.87. The van der Waals surface area contributed by atoms with E-state index < -0.39 is 5.97 Å². The van der Waals surface area contributed by atoms with Crippen LogP contribution in [0.5, 0.6) is 0 Å². The minimum Gasteiger partial charge on any atom is -0.478 e. The lowest BCUT2D eigenvalue weighted by Crippen LogP contribution is -2.25. The number of carbonyl (C=O) groups is 1. The van der Waals surface area contributed by atoms with Crippen LogP contribution in [0.3, 0.4) is 0 Å². The lowest BCUT2D eigenvalue weighted by atomic mass is 10.0. The molecule has 2 aliphatic rings. The van der Waals surface area contributed by atoms with Crippen LogP contribution in [0.4, 0.5) is 10.1 Å². The molecule has 0 radical (unpaired) electrons. The summed E-state index contributed by atoms with van der Waals surface area (Å²) < 4.78 is 13.3. The number of nitrogens with zero attached hydrogens (tertiary/aromatic N) is 2. The first-order chi connectivity index (χ1) is 10.1. The third kappa shape index (κ3) is 2.91. The van der Waals surface area contributed by atoms with E-state index in [1.54, 1.807) is 12.1 Å². The van der Waals surface area contributed by atoms with E-state index in [0.717, 1.165) is 30.9 Å². The zero-order valence-electron chi connectivity index (χ0n) is 11.6. The standard InChI is InChI=1S/C16H17FN2O2/c17-13-4-2-6-15(10-13)19-8-7-18(11-19)14-5-1-3-12(9-14)16(20)21/h2,4-6,9-10H,1,3,7-8,11H2,(H,20,21). The average Bonchev–Trinajstić information content (AvgIpc) is 2.97. The van der Waals surface area contributed by atoms with Crippen molar-refractivity contribution in [3.05, 3.63) is 53.5 Å². The van der Waals surface area contributed by atoms with Crippen molar-refractivity contribution in [2.75, 3.05) is 24.7 Å². The van der Waals surface area contributed by atoms with Crippen molar-refractivity contribution in [2.24, 2.45) is 0 Å². The third-order valence-electron chi connectivity index (χ3n) is 3.88. The fourth-order valence-corrected chi connectivity index (χ4v) is 2.76. The summed E-state index contributed by atoms with van der Waals surface area (Å²) in [4.78, 5) is 15.3. The van der Waals surface area contributed by atoms with Crippen LogP contribution in [0.25, 0.3) is 0 Å². The number of carboxylic acids is 1. The first kappa shape index (κ1) is 13.7. The van der Waals surface area contributed by atoms with E-state index in [4.69, 9.17) is 5.11 Å². The van der Waals surface area contributed by atoms with Crippen molar-refractivity contribution < 1.29 is 14.3 Å². The van der Waals surface area contributed by atoms with Crippen molar-refractivity contribution in [1.29, 1.82) is 0 Å². The molecule has 4 nitrogen and oxygen atoms in total. The Morgan fingerprint density at radius 2 is 2.05 bits per heavy atom. The second-order valence-corrected chi connectivity index (χ2v) is 5.29. The molecule has 0 saturated carbocycles. The number of aliphatic carboxylic acids is 1. The van der Waals surface area contributed by atoms with Crippen LogP contribution in [0, 0.1) is 5.82 Å². The van der Waals surface area contributed by atoms with E-state index in [9.17, 15) is 9.18 Å². The smallest absolute Gasteiger partial charge is 0.331 e. The van der Waals surface area contributed by atoms with Crippen molar-refractivity contribution in [3.63, 3.8) is 0 Å². The summed E-state index contributed by atoms with van der Waals surface area (Å²) in [6.45, 7) is 2.27. The monoisotopic (exact) mass is 288 g/mol. The van der Waals surface area contributed by atoms with Crippen LogP contribution in [0.2, 0.25) is 0 Å². The number of hydrogen-bond donors (Lipinski definition) is 1. The van der Waals surface area contributed by atoms with Gasteiger partial charge in [-0.25, -0.2) is 9.18 Å². The first-order valence-electron chi connectivity index (χ1n) is 7.03. The molecule has 1 fully saturated rings. The number of rotatable bonds is 3. The first-order valence-corrected chi connectivity index (χ1v) is 7.03. The van der Waals surface area contributed by atoms with Crippen LogP contribution in [0.15, 0.2) is 47.7 Å². The third-order valence-corrected chi connectivity index (χ3v) is 3.88. The molecule has 1 heterocycles. The highest BCUT2D eigenvalue weighted by atomic mass is 19.1. The molecule has 1 aliphatic heterocycles. The number of anilines is 1. The fraction of sp³-hybridized carbons (Fsp3) is 0.312. The molecule has 1 N–H and O–H groups in total. The molecule has 5 heteroatoms. The molecule has 21 heavy (non-hydrogen) atoms. The Hall–Kier alpha value is -2.30. The van der Waals surface area contributed by atoms with Gasteiger partial charge in [-0.1, -0.05) is 12.1 Å². The summed E-state index contributed by atoms with van der Waals surface area (Å²) in [6.07, 6.45) is 5.16. The highest BCUT2D eigenvalue weighted by Crippen LogP contribution is 2.25. The van der Waals surface area contributed by atoms with Crippen LogP contribution >= 0.6 is 0 Å². The van der Waals surface area contributed by atoms with Crippen molar-refractivity contribution in [2.45, 2.75) is 12.8 Å². The van der Waals surface area contributed by atoms with Gasteiger partial charge in [0.2, 0.25) is 0 Å². The van der Waals surface area contributed by atoms with E-state index in [-0.39, 0.29) is 5.82 Å². The number of carboxylic acid groups (broad SMARTS) is 1. The normalized spacial score (nSPS) is 18.5. The van der Waals surface area contributed by atoms with Gasteiger partial charge in [-0.05, 0) is 37.1 Å². The molecule has 1 aromatic carbocycles. The Balaban J connectivity index is 1.73. The Kier molecular flexibility index (Phi) is 3.64. The molecule has 3 rings (SSSR count). The van der Waals surface area contributed by atoms with Gasteiger partial charge < -0.3 is 14.9 Å². The number of benzene rings is 1. The molecule has 0 amide bonds. The molecule has 1 aromatic rings. The molecule has 0 spiro atoms. The van der Waals surface area contributed by atoms with Gasteiger partial charge in [-0.15, -0.1) is 0 Å². The van der Waals surface area contributed by atoms with E-state index in [2.05, 4.69) is 15.9 Å². The molecular weight excluding hydrogens is 271 g/mol. The number of halogens is 1. The van der Waals surface area contributed by atoms with Gasteiger partial charge in [0.15, 0.2) is 0 Å². The molecule has 0 aromatic heterocycles. The fourth-order valence-electron chi connectivity index (χ4n) is 2.76. The van der Waals surface area contributed by atoms with E-state index in [0.29, 0.717) is 18.7 Å². The summed E-state index contributed by atoms with van der Waals surface area (Å²) in [6, 6.07) is 6.55. The van der Waals surface area contributed by atoms with E-state index in [1.807, 2.05) is 6.07 Å². The minimum absolute atomic E-state index is 0.240. The molecule has 1 aliphatic carbocycles. The lowest BCUT2D eigenvalue weighted by molar-refractivity contribution is -0.132. The second-order valence-electron chi connectivity index (χ2n) is 5.29. The van der Waals surface area contributed by atoms with Crippen molar-refractivity contribution in [3.8, 4) is 0 Å². The maximum Gasteiger partial charge on any atom is 0.331 e. The molecule has 0 atom stereocenters. The Labute approximate surface area is 122 Å². The van der Waals surface area contributed by atoms with Crippen LogP contribution in [-0.2, 0) is 4.79 Å². The zero-order valence-corrected chi connectivity index (χ0v) is 11.6. The summed E-state index contributed by atoms with van der Waals surface area (Å²) in [7, 11) is 0. The molecule has 110 valence electrons. The Morgan fingerprint density at radius 1 is 1.24 bits per heavy atom. The number of hydrogen-bond acceptors (Lipinski definition) is 3. The van der Waals surface area contributed by atoms with Gasteiger partial charge in [0.1, 0.15) is 5.82 Å². The zero-order chi connectivity index (χ0) is 14.8. The second kappa shape index (κ2) is 5.60. The predicted molar refractivity (Wildman–Crippen MR) is 78.4 cm³/mol. The molecular formula is C16H17FN2O2. The highest BCUT2D eigenvalue weighted by Gasteiger charge is 2.23. The predicted octanol–water partition coefficient (Wildman–Crippen LogP) is 2.59. The summed E-state index contributed by atoms with van der Waals surface area (Å²) in [5.74, 6) is -1.09. The van der Waals surface area contributed by atoms with Gasteiger partial charge in [-0.2, -0.15) is 0 Å². The van der Waals surface area contributed by atoms with Gasteiger partial charge in [-0.3, -0.25) is 0 Å². The maximum absolute atomic E-state index is 13.3. The lowest BCUT2D eigenvalue weighted by Gasteiger charge is -2.24.